The van der Waals surface area contributed by atoms with Crippen LogP contribution in [0.4, 0.5) is 8.78 Å². The number of hydrogen-bond donors (Lipinski definition) is 2. The van der Waals surface area contributed by atoms with Crippen molar-refractivity contribution in [3.05, 3.63) is 52.0 Å². The van der Waals surface area contributed by atoms with Crippen LogP contribution in [0.1, 0.15) is 28.4 Å². The number of carbonyl (C=O) groups excluding carboxylic acids is 1. The Morgan fingerprint density at radius 1 is 1.36 bits per heavy atom. The highest BCUT2D eigenvalue weighted by Crippen LogP contribution is 2.27. The molecule has 0 spiro atoms. The van der Waals surface area contributed by atoms with Crippen LogP contribution < -0.4 is 10.6 Å². The van der Waals surface area contributed by atoms with E-state index in [0.717, 1.165) is 19.0 Å². The van der Waals surface area contributed by atoms with Crippen LogP contribution in [0.2, 0.25) is 0 Å². The lowest BCUT2D eigenvalue weighted by molar-refractivity contribution is 0.0920. The molecular formula is C15H15F2N3OS. The molecule has 4 nitrogen and oxygen atoms in total. The Hall–Kier alpha value is -1.86. The molecule has 1 saturated heterocycles. The van der Waals surface area contributed by atoms with Crippen molar-refractivity contribution in [3.8, 4) is 0 Å². The number of nitrogens with zero attached hydrogens (tertiary/aromatic N) is 1. The summed E-state index contributed by atoms with van der Waals surface area (Å²) in [5.41, 5.74) is 2.67. The van der Waals surface area contributed by atoms with Crippen molar-refractivity contribution in [2.45, 2.75) is 18.4 Å². The third-order valence-electron chi connectivity index (χ3n) is 3.84. The second-order valence-corrected chi connectivity index (χ2v) is 5.95. The van der Waals surface area contributed by atoms with Gasteiger partial charge in [0.25, 0.3) is 5.91 Å². The van der Waals surface area contributed by atoms with Crippen molar-refractivity contribution in [1.82, 2.24) is 15.6 Å². The van der Waals surface area contributed by atoms with E-state index in [4.69, 9.17) is 0 Å². The number of halogens is 2. The molecule has 2 atom stereocenters. The first kappa shape index (κ1) is 15.1. The van der Waals surface area contributed by atoms with E-state index in [9.17, 15) is 13.6 Å². The summed E-state index contributed by atoms with van der Waals surface area (Å²) < 4.78 is 26.6. The van der Waals surface area contributed by atoms with Gasteiger partial charge in [0.05, 0.1) is 5.51 Å². The summed E-state index contributed by atoms with van der Waals surface area (Å²) in [6.07, 6.45) is 0.743. The number of nitrogens with one attached hydrogen (secondary N) is 2. The number of hydrogen-bond acceptors (Lipinski definition) is 4. The third-order valence-corrected chi connectivity index (χ3v) is 4.42. The molecule has 0 radical (unpaired) electrons. The van der Waals surface area contributed by atoms with Crippen molar-refractivity contribution >= 4 is 17.2 Å². The summed E-state index contributed by atoms with van der Waals surface area (Å²) in [7, 11) is 0. The SMILES string of the molecule is O=C(NC1CNCCC1c1ccc(F)c(F)c1)c1cscn1. The van der Waals surface area contributed by atoms with Gasteiger partial charge in [0.15, 0.2) is 11.6 Å². The average molecular weight is 323 g/mol. The van der Waals surface area contributed by atoms with Gasteiger partial charge in [0.1, 0.15) is 5.69 Å². The molecular weight excluding hydrogens is 308 g/mol. The van der Waals surface area contributed by atoms with Gasteiger partial charge in [-0.1, -0.05) is 6.07 Å². The maximum atomic E-state index is 13.5. The molecule has 1 amide bonds. The second kappa shape index (κ2) is 6.50. The quantitative estimate of drug-likeness (QED) is 0.911. The smallest absolute Gasteiger partial charge is 0.271 e. The molecule has 2 N–H and O–H groups in total. The fraction of sp³-hybridized carbons (Fsp3) is 0.333. The van der Waals surface area contributed by atoms with E-state index in [1.54, 1.807) is 17.0 Å². The van der Waals surface area contributed by atoms with Crippen molar-refractivity contribution in [2.24, 2.45) is 0 Å². The van der Waals surface area contributed by atoms with Crippen LogP contribution in [-0.4, -0.2) is 30.0 Å². The Bertz CT molecular complexity index is 663. The van der Waals surface area contributed by atoms with E-state index >= 15 is 0 Å². The van der Waals surface area contributed by atoms with E-state index in [2.05, 4.69) is 15.6 Å². The normalized spacial score (nSPS) is 21.5. The zero-order chi connectivity index (χ0) is 15.5. The van der Waals surface area contributed by atoms with Gasteiger partial charge in [-0.3, -0.25) is 4.79 Å². The van der Waals surface area contributed by atoms with Gasteiger partial charge in [-0.2, -0.15) is 0 Å². The van der Waals surface area contributed by atoms with Crippen LogP contribution in [0.15, 0.2) is 29.1 Å². The lowest BCUT2D eigenvalue weighted by Crippen LogP contribution is -2.50. The van der Waals surface area contributed by atoms with Crippen LogP contribution in [0.25, 0.3) is 0 Å². The van der Waals surface area contributed by atoms with Gasteiger partial charge >= 0.3 is 0 Å². The minimum absolute atomic E-state index is 0.0565. The minimum Gasteiger partial charge on any atom is -0.346 e. The average Bonchev–Trinajstić information content (AvgIpc) is 3.05. The highest BCUT2D eigenvalue weighted by molar-refractivity contribution is 7.07. The second-order valence-electron chi connectivity index (χ2n) is 5.23. The first-order valence-electron chi connectivity index (χ1n) is 7.00. The molecule has 2 unspecified atom stereocenters. The zero-order valence-electron chi connectivity index (χ0n) is 11.7. The molecule has 2 heterocycles. The molecule has 7 heteroatoms. The first-order chi connectivity index (χ1) is 10.6. The third kappa shape index (κ3) is 3.15. The Labute approximate surface area is 130 Å². The highest BCUT2D eigenvalue weighted by Gasteiger charge is 2.29. The number of piperidine rings is 1. The van der Waals surface area contributed by atoms with Gasteiger partial charge in [0, 0.05) is 23.9 Å². The largest absolute Gasteiger partial charge is 0.346 e. The number of aromatic nitrogens is 1. The molecule has 3 rings (SSSR count). The van der Waals surface area contributed by atoms with Gasteiger partial charge < -0.3 is 10.6 Å². The number of amides is 1. The Morgan fingerprint density at radius 3 is 2.95 bits per heavy atom. The summed E-state index contributed by atoms with van der Waals surface area (Å²) in [6, 6.07) is 3.74. The van der Waals surface area contributed by atoms with E-state index in [-0.39, 0.29) is 17.9 Å². The van der Waals surface area contributed by atoms with Crippen molar-refractivity contribution in [2.75, 3.05) is 13.1 Å². The number of carbonyl (C=O) groups is 1. The summed E-state index contributed by atoms with van der Waals surface area (Å²) in [5.74, 6) is -2.03. The predicted molar refractivity (Wildman–Crippen MR) is 80.0 cm³/mol. The van der Waals surface area contributed by atoms with Crippen LogP contribution in [-0.2, 0) is 0 Å². The van der Waals surface area contributed by atoms with Crippen LogP contribution in [0.5, 0.6) is 0 Å². The van der Waals surface area contributed by atoms with Crippen molar-refractivity contribution in [3.63, 3.8) is 0 Å². The van der Waals surface area contributed by atoms with Crippen LogP contribution in [0.3, 0.4) is 0 Å². The fourth-order valence-corrected chi connectivity index (χ4v) is 3.25. The van der Waals surface area contributed by atoms with Crippen molar-refractivity contribution in [1.29, 1.82) is 0 Å². The van der Waals surface area contributed by atoms with E-state index < -0.39 is 11.6 Å². The van der Waals surface area contributed by atoms with E-state index in [1.807, 2.05) is 0 Å². The van der Waals surface area contributed by atoms with Gasteiger partial charge in [-0.25, -0.2) is 13.8 Å². The number of rotatable bonds is 3. The summed E-state index contributed by atoms with van der Waals surface area (Å²) >= 11 is 1.35. The predicted octanol–water partition coefficient (Wildman–Crippen LogP) is 2.30. The molecule has 2 aromatic rings. The zero-order valence-corrected chi connectivity index (χ0v) is 12.5. The van der Waals surface area contributed by atoms with Gasteiger partial charge in [-0.05, 0) is 30.7 Å². The summed E-state index contributed by atoms with van der Waals surface area (Å²) in [4.78, 5) is 16.1. The topological polar surface area (TPSA) is 54.0 Å². The van der Waals surface area contributed by atoms with Crippen molar-refractivity contribution < 1.29 is 13.6 Å². The molecule has 1 fully saturated rings. The highest BCUT2D eigenvalue weighted by atomic mass is 32.1. The number of benzene rings is 1. The molecule has 0 bridgehead atoms. The Kier molecular flexibility index (Phi) is 4.44. The lowest BCUT2D eigenvalue weighted by Gasteiger charge is -2.33. The molecule has 22 heavy (non-hydrogen) atoms. The Balaban J connectivity index is 1.79. The van der Waals surface area contributed by atoms with E-state index in [1.165, 1.54) is 17.4 Å². The monoisotopic (exact) mass is 323 g/mol. The van der Waals surface area contributed by atoms with Crippen LogP contribution in [0, 0.1) is 11.6 Å². The maximum absolute atomic E-state index is 13.5. The standard InChI is InChI=1S/C15H15F2N3OS/c16-11-2-1-9(5-12(11)17)10-3-4-18-6-13(10)20-15(21)14-7-22-8-19-14/h1-2,5,7-8,10,13,18H,3-4,6H2,(H,20,21). The molecule has 116 valence electrons. The first-order valence-corrected chi connectivity index (χ1v) is 7.94. The molecule has 1 aliphatic heterocycles. The minimum atomic E-state index is -0.861. The molecule has 1 aliphatic rings. The molecule has 1 aromatic carbocycles. The summed E-state index contributed by atoms with van der Waals surface area (Å²) in [5, 5.41) is 7.82. The molecule has 0 saturated carbocycles. The fourth-order valence-electron chi connectivity index (χ4n) is 2.72. The van der Waals surface area contributed by atoms with Crippen LogP contribution >= 0.6 is 11.3 Å². The number of thiazole rings is 1. The van der Waals surface area contributed by atoms with E-state index in [0.29, 0.717) is 17.8 Å². The maximum Gasteiger partial charge on any atom is 0.271 e. The van der Waals surface area contributed by atoms with Gasteiger partial charge in [-0.15, -0.1) is 11.3 Å². The molecule has 1 aromatic heterocycles. The summed E-state index contributed by atoms with van der Waals surface area (Å²) in [6.45, 7) is 1.35. The molecule has 0 aliphatic carbocycles. The van der Waals surface area contributed by atoms with Gasteiger partial charge in [0.2, 0.25) is 0 Å². The Morgan fingerprint density at radius 2 is 2.23 bits per heavy atom. The lowest BCUT2D eigenvalue weighted by atomic mass is 9.86.